The van der Waals surface area contributed by atoms with Gasteiger partial charge in [-0.15, -0.1) is 11.8 Å². The minimum Gasteiger partial charge on any atom is -0.396 e. The van der Waals surface area contributed by atoms with Crippen LogP contribution in [0.25, 0.3) is 0 Å². The Morgan fingerprint density at radius 3 is 2.88 bits per heavy atom. The van der Waals surface area contributed by atoms with Crippen LogP contribution in [-0.4, -0.2) is 11.2 Å². The number of thioether (sulfide) groups is 1. The Morgan fingerprint density at radius 2 is 2.18 bits per heavy atom. The molecule has 5 heteroatoms. The molecule has 3 nitrogen and oxygen atoms in total. The third-order valence-corrected chi connectivity index (χ3v) is 3.15. The Labute approximate surface area is 109 Å². The van der Waals surface area contributed by atoms with Crippen molar-refractivity contribution in [2.45, 2.75) is 4.90 Å². The van der Waals surface area contributed by atoms with Gasteiger partial charge in [0, 0.05) is 16.8 Å². The molecule has 1 aromatic heterocycles. The standard InChI is InChI=1S/C12H12ClN3S/c1-17-10-4-2-3-9(6-10)16-12-11(14)5-8(13)7-15-12/h2-7H,14H2,1H3,(H,15,16). The van der Waals surface area contributed by atoms with Crippen molar-refractivity contribution in [1.29, 1.82) is 0 Å². The Kier molecular flexibility index (Phi) is 3.76. The van der Waals surface area contributed by atoms with Gasteiger partial charge in [-0.05, 0) is 30.5 Å². The van der Waals surface area contributed by atoms with Crippen LogP contribution in [0.15, 0.2) is 41.4 Å². The van der Waals surface area contributed by atoms with E-state index in [1.807, 2.05) is 24.5 Å². The van der Waals surface area contributed by atoms with Crippen molar-refractivity contribution in [3.8, 4) is 0 Å². The smallest absolute Gasteiger partial charge is 0.153 e. The summed E-state index contributed by atoms with van der Waals surface area (Å²) in [5.41, 5.74) is 7.32. The number of hydrogen-bond donors (Lipinski definition) is 2. The van der Waals surface area contributed by atoms with Crippen molar-refractivity contribution in [3.63, 3.8) is 0 Å². The van der Waals surface area contributed by atoms with Gasteiger partial charge < -0.3 is 11.1 Å². The molecule has 0 saturated carbocycles. The lowest BCUT2D eigenvalue weighted by atomic mass is 10.3. The predicted molar refractivity (Wildman–Crippen MR) is 75.2 cm³/mol. The number of nitrogens with two attached hydrogens (primary N) is 1. The number of pyridine rings is 1. The minimum atomic E-state index is 0.533. The zero-order valence-corrected chi connectivity index (χ0v) is 10.8. The molecular formula is C12H12ClN3S. The van der Waals surface area contributed by atoms with Gasteiger partial charge in [-0.2, -0.15) is 0 Å². The fourth-order valence-electron chi connectivity index (χ4n) is 1.40. The second kappa shape index (κ2) is 5.29. The van der Waals surface area contributed by atoms with Crippen molar-refractivity contribution in [2.75, 3.05) is 17.3 Å². The second-order valence-corrected chi connectivity index (χ2v) is 4.76. The third kappa shape index (κ3) is 3.05. The van der Waals surface area contributed by atoms with Gasteiger partial charge in [0.25, 0.3) is 0 Å². The highest BCUT2D eigenvalue weighted by atomic mass is 35.5. The highest BCUT2D eigenvalue weighted by molar-refractivity contribution is 7.98. The molecule has 0 aliphatic rings. The molecule has 0 radical (unpaired) electrons. The van der Waals surface area contributed by atoms with Crippen LogP contribution in [0.5, 0.6) is 0 Å². The molecule has 0 saturated heterocycles. The molecule has 2 aromatic rings. The number of hydrogen-bond acceptors (Lipinski definition) is 4. The number of nitrogens with zero attached hydrogens (tertiary/aromatic N) is 1. The molecule has 0 bridgehead atoms. The van der Waals surface area contributed by atoms with Crippen LogP contribution in [0.1, 0.15) is 0 Å². The SMILES string of the molecule is CSc1cccc(Nc2ncc(Cl)cc2N)c1. The van der Waals surface area contributed by atoms with Crippen molar-refractivity contribution in [2.24, 2.45) is 0 Å². The van der Waals surface area contributed by atoms with Crippen molar-refractivity contribution >= 4 is 40.6 Å². The van der Waals surface area contributed by atoms with E-state index in [1.54, 1.807) is 24.0 Å². The molecule has 0 amide bonds. The Bertz CT molecular complexity index is 531. The van der Waals surface area contributed by atoms with E-state index < -0.39 is 0 Å². The lowest BCUT2D eigenvalue weighted by molar-refractivity contribution is 1.30. The van der Waals surface area contributed by atoms with E-state index in [1.165, 1.54) is 4.90 Å². The average molecular weight is 266 g/mol. The molecule has 3 N–H and O–H groups in total. The maximum atomic E-state index is 5.83. The van der Waals surface area contributed by atoms with Crippen LogP contribution in [0.3, 0.4) is 0 Å². The average Bonchev–Trinajstić information content (AvgIpc) is 2.33. The quantitative estimate of drug-likeness (QED) is 0.829. The van der Waals surface area contributed by atoms with E-state index in [-0.39, 0.29) is 0 Å². The second-order valence-electron chi connectivity index (χ2n) is 3.45. The van der Waals surface area contributed by atoms with Crippen molar-refractivity contribution in [3.05, 3.63) is 41.6 Å². The third-order valence-electron chi connectivity index (χ3n) is 2.22. The van der Waals surface area contributed by atoms with Crippen molar-refractivity contribution < 1.29 is 0 Å². The lowest BCUT2D eigenvalue weighted by Crippen LogP contribution is -1.98. The van der Waals surface area contributed by atoms with E-state index >= 15 is 0 Å². The summed E-state index contributed by atoms with van der Waals surface area (Å²) in [5, 5.41) is 3.70. The fourth-order valence-corrected chi connectivity index (χ4v) is 2.02. The van der Waals surface area contributed by atoms with Crippen LogP contribution < -0.4 is 11.1 Å². The van der Waals surface area contributed by atoms with Crippen LogP contribution in [0.2, 0.25) is 5.02 Å². The molecule has 0 aliphatic carbocycles. The van der Waals surface area contributed by atoms with Gasteiger partial charge in [0.05, 0.1) is 10.7 Å². The van der Waals surface area contributed by atoms with Crippen LogP contribution in [0.4, 0.5) is 17.2 Å². The van der Waals surface area contributed by atoms with Crippen LogP contribution >= 0.6 is 23.4 Å². The molecule has 2 rings (SSSR count). The molecule has 17 heavy (non-hydrogen) atoms. The summed E-state index contributed by atoms with van der Waals surface area (Å²) in [5.74, 6) is 0.618. The molecule has 0 fully saturated rings. The molecule has 1 heterocycles. The zero-order valence-electron chi connectivity index (χ0n) is 9.27. The molecule has 1 aromatic carbocycles. The van der Waals surface area contributed by atoms with E-state index in [9.17, 15) is 0 Å². The monoisotopic (exact) mass is 265 g/mol. The number of nitrogens with one attached hydrogen (secondary N) is 1. The molecule has 0 atom stereocenters. The first kappa shape index (κ1) is 12.1. The molecule has 88 valence electrons. The zero-order chi connectivity index (χ0) is 12.3. The Balaban J connectivity index is 2.25. The first-order chi connectivity index (χ1) is 8.19. The molecule has 0 spiro atoms. The summed E-state index contributed by atoms with van der Waals surface area (Å²) in [4.78, 5) is 5.34. The van der Waals surface area contributed by atoms with Gasteiger partial charge in [-0.25, -0.2) is 4.98 Å². The Morgan fingerprint density at radius 1 is 1.35 bits per heavy atom. The van der Waals surface area contributed by atoms with Gasteiger partial charge in [0.2, 0.25) is 0 Å². The minimum absolute atomic E-state index is 0.533. The number of halogens is 1. The highest BCUT2D eigenvalue weighted by Gasteiger charge is 2.02. The summed E-state index contributed by atoms with van der Waals surface area (Å²) < 4.78 is 0. The molecule has 0 aliphatic heterocycles. The molecular weight excluding hydrogens is 254 g/mol. The first-order valence-electron chi connectivity index (χ1n) is 5.01. The summed E-state index contributed by atoms with van der Waals surface area (Å²) in [6.07, 6.45) is 3.60. The number of benzene rings is 1. The van der Waals surface area contributed by atoms with Gasteiger partial charge in [0.15, 0.2) is 5.82 Å². The molecule has 0 unspecified atom stereocenters. The normalized spacial score (nSPS) is 10.2. The largest absolute Gasteiger partial charge is 0.396 e. The Hall–Kier alpha value is -1.39. The topological polar surface area (TPSA) is 50.9 Å². The number of nitrogen functional groups attached to an aromatic ring is 1. The summed E-state index contributed by atoms with van der Waals surface area (Å²) in [6, 6.07) is 9.72. The van der Waals surface area contributed by atoms with E-state index in [0.29, 0.717) is 16.5 Å². The van der Waals surface area contributed by atoms with Gasteiger partial charge >= 0.3 is 0 Å². The fraction of sp³-hybridized carbons (Fsp3) is 0.0833. The number of anilines is 3. The van der Waals surface area contributed by atoms with Crippen molar-refractivity contribution in [1.82, 2.24) is 4.98 Å². The van der Waals surface area contributed by atoms with Gasteiger partial charge in [0.1, 0.15) is 0 Å². The first-order valence-corrected chi connectivity index (χ1v) is 6.61. The van der Waals surface area contributed by atoms with Crippen LogP contribution in [0, 0.1) is 0 Å². The van der Waals surface area contributed by atoms with E-state index in [2.05, 4.69) is 16.4 Å². The maximum Gasteiger partial charge on any atom is 0.153 e. The van der Waals surface area contributed by atoms with Gasteiger partial charge in [-0.1, -0.05) is 17.7 Å². The maximum absolute atomic E-state index is 5.83. The summed E-state index contributed by atoms with van der Waals surface area (Å²) in [7, 11) is 0. The number of aromatic nitrogens is 1. The number of rotatable bonds is 3. The predicted octanol–water partition coefficient (Wildman–Crippen LogP) is 3.78. The summed E-state index contributed by atoms with van der Waals surface area (Å²) in [6.45, 7) is 0. The van der Waals surface area contributed by atoms with E-state index in [0.717, 1.165) is 5.69 Å². The highest BCUT2D eigenvalue weighted by Crippen LogP contribution is 2.25. The van der Waals surface area contributed by atoms with E-state index in [4.69, 9.17) is 17.3 Å². The van der Waals surface area contributed by atoms with Crippen LogP contribution in [-0.2, 0) is 0 Å². The summed E-state index contributed by atoms with van der Waals surface area (Å²) >= 11 is 7.48. The lowest BCUT2D eigenvalue weighted by Gasteiger charge is -2.09. The van der Waals surface area contributed by atoms with Gasteiger partial charge in [-0.3, -0.25) is 0 Å².